The highest BCUT2D eigenvalue weighted by Gasteiger charge is 2.18. The van der Waals surface area contributed by atoms with Gasteiger partial charge in [0, 0.05) is 11.8 Å². The lowest BCUT2D eigenvalue weighted by atomic mass is 9.87. The van der Waals surface area contributed by atoms with Gasteiger partial charge in [0.1, 0.15) is 5.75 Å². The molecule has 1 N–H and O–H groups in total. The third kappa shape index (κ3) is 3.17. The summed E-state index contributed by atoms with van der Waals surface area (Å²) in [4.78, 5) is 0. The van der Waals surface area contributed by atoms with Crippen molar-refractivity contribution in [2.75, 3.05) is 25.7 Å². The lowest BCUT2D eigenvalue weighted by Crippen LogP contribution is -2.21. The minimum absolute atomic E-state index is 0.527. The van der Waals surface area contributed by atoms with Crippen LogP contribution in [0.15, 0.2) is 18.2 Å². The molecule has 1 aliphatic rings. The van der Waals surface area contributed by atoms with E-state index >= 15 is 0 Å². The second-order valence-corrected chi connectivity index (χ2v) is 5.42. The molecule has 2 nitrogen and oxygen atoms in total. The highest BCUT2D eigenvalue weighted by Crippen LogP contribution is 2.31. The van der Waals surface area contributed by atoms with Gasteiger partial charge in [-0.1, -0.05) is 6.07 Å². The van der Waals surface area contributed by atoms with Gasteiger partial charge >= 0.3 is 0 Å². The van der Waals surface area contributed by atoms with E-state index in [0.29, 0.717) is 6.04 Å². The van der Waals surface area contributed by atoms with E-state index in [9.17, 15) is 0 Å². The lowest BCUT2D eigenvalue weighted by Gasteiger charge is -2.25. The summed E-state index contributed by atoms with van der Waals surface area (Å²) in [5, 5.41) is 3.39. The van der Waals surface area contributed by atoms with Crippen LogP contribution in [-0.2, 0) is 6.42 Å². The molecule has 0 amide bonds. The van der Waals surface area contributed by atoms with Gasteiger partial charge in [-0.15, -0.1) is 0 Å². The second-order valence-electron chi connectivity index (χ2n) is 4.44. The van der Waals surface area contributed by atoms with Crippen molar-refractivity contribution in [2.24, 2.45) is 0 Å². The summed E-state index contributed by atoms with van der Waals surface area (Å²) in [6.07, 6.45) is 5.81. The standard InChI is InChI=1S/C14H21NOS/c1-15-14-5-3-4-11-10-12(6-7-13(11)14)16-8-9-17-2/h6-7,10,14-15H,3-5,8-9H2,1-2H3. The van der Waals surface area contributed by atoms with Gasteiger partial charge in [-0.2, -0.15) is 11.8 Å². The molecule has 1 aromatic rings. The topological polar surface area (TPSA) is 21.3 Å². The van der Waals surface area contributed by atoms with Gasteiger partial charge in [-0.25, -0.2) is 0 Å². The zero-order valence-electron chi connectivity index (χ0n) is 10.7. The Balaban J connectivity index is 2.08. The van der Waals surface area contributed by atoms with Gasteiger partial charge in [-0.05, 0) is 55.8 Å². The SMILES string of the molecule is CNC1CCCc2cc(OCCSC)ccc21. The Kier molecular flexibility index (Phi) is 4.75. The lowest BCUT2D eigenvalue weighted by molar-refractivity contribution is 0.343. The molecule has 0 aromatic heterocycles. The van der Waals surface area contributed by atoms with Crippen LogP contribution in [-0.4, -0.2) is 25.7 Å². The average Bonchev–Trinajstić information content (AvgIpc) is 2.38. The van der Waals surface area contributed by atoms with E-state index in [-0.39, 0.29) is 0 Å². The first kappa shape index (κ1) is 12.8. The molecule has 1 aromatic carbocycles. The fraction of sp³-hybridized carbons (Fsp3) is 0.571. The van der Waals surface area contributed by atoms with Crippen LogP contribution in [0.5, 0.6) is 5.75 Å². The number of thioether (sulfide) groups is 1. The summed E-state index contributed by atoms with van der Waals surface area (Å²) in [6.45, 7) is 0.801. The maximum Gasteiger partial charge on any atom is 0.119 e. The van der Waals surface area contributed by atoms with Gasteiger partial charge in [0.15, 0.2) is 0 Å². The van der Waals surface area contributed by atoms with Crippen LogP contribution in [0.4, 0.5) is 0 Å². The van der Waals surface area contributed by atoms with Crippen LogP contribution in [0, 0.1) is 0 Å². The molecule has 0 radical (unpaired) electrons. The molecule has 1 aliphatic carbocycles. The number of rotatable bonds is 5. The summed E-state index contributed by atoms with van der Waals surface area (Å²) < 4.78 is 5.74. The number of aryl methyl sites for hydroxylation is 1. The fourth-order valence-electron chi connectivity index (χ4n) is 2.42. The van der Waals surface area contributed by atoms with Gasteiger partial charge in [-0.3, -0.25) is 0 Å². The largest absolute Gasteiger partial charge is 0.493 e. The molecule has 1 atom stereocenters. The molecule has 17 heavy (non-hydrogen) atoms. The Bertz CT molecular complexity index is 367. The molecule has 0 spiro atoms. The normalized spacial score (nSPS) is 18.8. The summed E-state index contributed by atoms with van der Waals surface area (Å²) in [5.41, 5.74) is 2.91. The van der Waals surface area contributed by atoms with Crippen molar-refractivity contribution < 1.29 is 4.74 Å². The number of benzene rings is 1. The number of ether oxygens (including phenoxy) is 1. The average molecular weight is 251 g/mol. The van der Waals surface area contributed by atoms with E-state index in [1.54, 1.807) is 0 Å². The third-order valence-electron chi connectivity index (χ3n) is 3.33. The monoisotopic (exact) mass is 251 g/mol. The number of fused-ring (bicyclic) bond motifs is 1. The molecule has 0 aliphatic heterocycles. The van der Waals surface area contributed by atoms with E-state index in [1.165, 1.54) is 30.4 Å². The summed E-state index contributed by atoms with van der Waals surface area (Å²) >= 11 is 1.82. The maximum atomic E-state index is 5.74. The molecular formula is C14H21NOS. The summed E-state index contributed by atoms with van der Waals surface area (Å²) in [5.74, 6) is 2.07. The molecule has 0 heterocycles. The van der Waals surface area contributed by atoms with Gasteiger partial charge < -0.3 is 10.1 Å². The van der Waals surface area contributed by atoms with Gasteiger partial charge in [0.25, 0.3) is 0 Å². The van der Waals surface area contributed by atoms with Crippen LogP contribution in [0.1, 0.15) is 30.0 Å². The second kappa shape index (κ2) is 6.31. The predicted molar refractivity (Wildman–Crippen MR) is 75.1 cm³/mol. The number of hydrogen-bond donors (Lipinski definition) is 1. The quantitative estimate of drug-likeness (QED) is 0.813. The highest BCUT2D eigenvalue weighted by atomic mass is 32.2. The molecule has 3 heteroatoms. The first-order valence-electron chi connectivity index (χ1n) is 6.27. The molecule has 94 valence electrons. The zero-order valence-corrected chi connectivity index (χ0v) is 11.5. The van der Waals surface area contributed by atoms with Crippen LogP contribution in [0.2, 0.25) is 0 Å². The molecule has 0 saturated heterocycles. The Labute approximate surface area is 108 Å². The van der Waals surface area contributed by atoms with Crippen molar-refractivity contribution in [3.8, 4) is 5.75 Å². The van der Waals surface area contributed by atoms with Crippen LogP contribution in [0.25, 0.3) is 0 Å². The van der Waals surface area contributed by atoms with Crippen LogP contribution in [0.3, 0.4) is 0 Å². The van der Waals surface area contributed by atoms with Crippen LogP contribution >= 0.6 is 11.8 Å². The van der Waals surface area contributed by atoms with Crippen molar-refractivity contribution in [3.63, 3.8) is 0 Å². The molecule has 1 unspecified atom stereocenters. The summed E-state index contributed by atoms with van der Waals surface area (Å²) in [7, 11) is 2.04. The van der Waals surface area contributed by atoms with Crippen molar-refractivity contribution in [3.05, 3.63) is 29.3 Å². The van der Waals surface area contributed by atoms with Crippen molar-refractivity contribution in [2.45, 2.75) is 25.3 Å². The third-order valence-corrected chi connectivity index (χ3v) is 3.91. The molecule has 2 rings (SSSR count). The van der Waals surface area contributed by atoms with Crippen molar-refractivity contribution in [1.82, 2.24) is 5.32 Å². The van der Waals surface area contributed by atoms with Crippen molar-refractivity contribution >= 4 is 11.8 Å². The molecular weight excluding hydrogens is 230 g/mol. The highest BCUT2D eigenvalue weighted by molar-refractivity contribution is 7.98. The van der Waals surface area contributed by atoms with Gasteiger partial charge in [0.05, 0.1) is 6.61 Å². The van der Waals surface area contributed by atoms with Gasteiger partial charge in [0.2, 0.25) is 0 Å². The summed E-state index contributed by atoms with van der Waals surface area (Å²) in [6, 6.07) is 7.08. The Morgan fingerprint density at radius 3 is 3.12 bits per heavy atom. The zero-order chi connectivity index (χ0) is 12.1. The molecule has 0 bridgehead atoms. The number of nitrogens with one attached hydrogen (secondary N) is 1. The van der Waals surface area contributed by atoms with E-state index in [4.69, 9.17) is 4.74 Å². The van der Waals surface area contributed by atoms with E-state index in [0.717, 1.165) is 18.1 Å². The Hall–Kier alpha value is -0.670. The van der Waals surface area contributed by atoms with E-state index < -0.39 is 0 Å². The number of hydrogen-bond acceptors (Lipinski definition) is 3. The first-order chi connectivity index (χ1) is 8.35. The minimum Gasteiger partial charge on any atom is -0.493 e. The minimum atomic E-state index is 0.527. The smallest absolute Gasteiger partial charge is 0.119 e. The van der Waals surface area contributed by atoms with Crippen LogP contribution < -0.4 is 10.1 Å². The molecule has 0 fully saturated rings. The molecule has 0 saturated carbocycles. The predicted octanol–water partition coefficient (Wildman–Crippen LogP) is 3.03. The Morgan fingerprint density at radius 2 is 2.35 bits per heavy atom. The van der Waals surface area contributed by atoms with E-state index in [1.807, 2.05) is 18.8 Å². The fourth-order valence-corrected chi connectivity index (χ4v) is 2.67. The van der Waals surface area contributed by atoms with Crippen molar-refractivity contribution in [1.29, 1.82) is 0 Å². The van der Waals surface area contributed by atoms with E-state index in [2.05, 4.69) is 29.8 Å². The first-order valence-corrected chi connectivity index (χ1v) is 7.66. The maximum absolute atomic E-state index is 5.74. The Morgan fingerprint density at radius 1 is 1.47 bits per heavy atom.